The molecule has 0 unspecified atom stereocenters. The first-order valence-electron chi connectivity index (χ1n) is 6.85. The van der Waals surface area contributed by atoms with Gasteiger partial charge >= 0.3 is 0 Å². The Morgan fingerprint density at radius 3 is 2.86 bits per heavy atom. The van der Waals surface area contributed by atoms with Gasteiger partial charge in [-0.05, 0) is 38.0 Å². The predicted molar refractivity (Wildman–Crippen MR) is 78.6 cm³/mol. The van der Waals surface area contributed by atoms with E-state index < -0.39 is 0 Å². The minimum atomic E-state index is -0.330. The van der Waals surface area contributed by atoms with Crippen molar-refractivity contribution >= 4 is 17.3 Å². The average Bonchev–Trinajstić information content (AvgIpc) is 2.96. The molecule has 6 heteroatoms. The number of carbonyl (C=O) groups is 1. The van der Waals surface area contributed by atoms with E-state index in [1.54, 1.807) is 15.6 Å². The molecule has 0 aliphatic carbocycles. The van der Waals surface area contributed by atoms with Gasteiger partial charge in [-0.1, -0.05) is 6.07 Å². The summed E-state index contributed by atoms with van der Waals surface area (Å²) in [4.78, 5) is 14.1. The molecule has 0 spiro atoms. The van der Waals surface area contributed by atoms with Gasteiger partial charge in [0.2, 0.25) is 5.91 Å². The van der Waals surface area contributed by atoms with Crippen molar-refractivity contribution in [2.75, 3.05) is 17.2 Å². The molecular weight excluding hydrogens is 271 g/mol. The monoisotopic (exact) mass is 288 g/mol. The highest BCUT2D eigenvalue weighted by Crippen LogP contribution is 2.29. The van der Waals surface area contributed by atoms with E-state index in [9.17, 15) is 9.18 Å². The van der Waals surface area contributed by atoms with Crippen molar-refractivity contribution in [3.05, 3.63) is 41.0 Å². The van der Waals surface area contributed by atoms with Crippen LogP contribution in [-0.2, 0) is 17.8 Å². The lowest BCUT2D eigenvalue weighted by Crippen LogP contribution is -2.32. The predicted octanol–water partition coefficient (Wildman–Crippen LogP) is 1.81. The summed E-state index contributed by atoms with van der Waals surface area (Å²) in [5.74, 6) is -0.436. The van der Waals surface area contributed by atoms with Crippen LogP contribution in [0.5, 0.6) is 0 Å². The molecule has 0 fully saturated rings. The Labute approximate surface area is 122 Å². The van der Waals surface area contributed by atoms with Crippen molar-refractivity contribution in [2.24, 2.45) is 0 Å². The van der Waals surface area contributed by atoms with Crippen molar-refractivity contribution in [1.29, 1.82) is 0 Å². The molecule has 0 bridgehead atoms. The zero-order valence-electron chi connectivity index (χ0n) is 12.1. The third kappa shape index (κ3) is 2.26. The number of aryl methyl sites for hydroxylation is 1. The fourth-order valence-corrected chi connectivity index (χ4v) is 2.69. The Balaban J connectivity index is 1.85. The van der Waals surface area contributed by atoms with E-state index in [4.69, 9.17) is 5.73 Å². The van der Waals surface area contributed by atoms with E-state index in [1.165, 1.54) is 12.1 Å². The van der Waals surface area contributed by atoms with Crippen molar-refractivity contribution < 1.29 is 9.18 Å². The van der Waals surface area contributed by atoms with E-state index in [0.29, 0.717) is 23.6 Å². The Kier molecular flexibility index (Phi) is 3.16. The van der Waals surface area contributed by atoms with Crippen LogP contribution in [0.15, 0.2) is 18.2 Å². The first kappa shape index (κ1) is 13.6. The van der Waals surface area contributed by atoms with Crippen LogP contribution in [0.2, 0.25) is 0 Å². The molecule has 2 aromatic rings. The minimum Gasteiger partial charge on any atom is -0.396 e. The Bertz CT molecular complexity index is 723. The minimum absolute atomic E-state index is 0.107. The van der Waals surface area contributed by atoms with Crippen LogP contribution < -0.4 is 10.6 Å². The second-order valence-electron chi connectivity index (χ2n) is 5.31. The molecule has 0 saturated carbocycles. The summed E-state index contributed by atoms with van der Waals surface area (Å²) in [6.07, 6.45) is 0.751. The number of nitrogens with zero attached hydrogens (tertiary/aromatic N) is 3. The molecule has 1 aliphatic heterocycles. The Morgan fingerprint density at radius 1 is 1.43 bits per heavy atom. The van der Waals surface area contributed by atoms with Gasteiger partial charge < -0.3 is 10.6 Å². The number of nitrogen functional groups attached to an aromatic ring is 1. The van der Waals surface area contributed by atoms with Crippen LogP contribution >= 0.6 is 0 Å². The van der Waals surface area contributed by atoms with Crippen molar-refractivity contribution in [3.63, 3.8) is 0 Å². The second kappa shape index (κ2) is 4.87. The van der Waals surface area contributed by atoms with Gasteiger partial charge in [-0.3, -0.25) is 9.48 Å². The summed E-state index contributed by atoms with van der Waals surface area (Å²) >= 11 is 0. The van der Waals surface area contributed by atoms with E-state index in [-0.39, 0.29) is 18.3 Å². The molecular formula is C15H17FN4O. The molecule has 0 atom stereocenters. The zero-order valence-corrected chi connectivity index (χ0v) is 12.1. The lowest BCUT2D eigenvalue weighted by molar-refractivity contribution is -0.119. The van der Waals surface area contributed by atoms with Crippen LogP contribution in [0.4, 0.5) is 15.8 Å². The standard InChI is InChI=1S/C15H17FN4O/c1-9-15(17)10(2)20(18-9)8-14(21)19-6-5-11-3-4-12(16)7-13(11)19/h3-4,7H,5-6,8,17H2,1-2H3. The fourth-order valence-electron chi connectivity index (χ4n) is 2.69. The summed E-state index contributed by atoms with van der Waals surface area (Å²) in [5, 5.41) is 4.26. The molecule has 0 saturated heterocycles. The number of aromatic nitrogens is 2. The van der Waals surface area contributed by atoms with Crippen LogP contribution in [0.3, 0.4) is 0 Å². The van der Waals surface area contributed by atoms with Gasteiger partial charge in [0, 0.05) is 12.2 Å². The van der Waals surface area contributed by atoms with E-state index in [1.807, 2.05) is 13.8 Å². The average molecular weight is 288 g/mol. The first-order valence-corrected chi connectivity index (χ1v) is 6.85. The number of amides is 1. The highest BCUT2D eigenvalue weighted by molar-refractivity contribution is 5.95. The molecule has 3 rings (SSSR count). The second-order valence-corrected chi connectivity index (χ2v) is 5.31. The molecule has 2 heterocycles. The normalized spacial score (nSPS) is 13.6. The zero-order chi connectivity index (χ0) is 15.1. The van der Waals surface area contributed by atoms with E-state index in [0.717, 1.165) is 17.7 Å². The molecule has 1 aromatic heterocycles. The maximum Gasteiger partial charge on any atom is 0.248 e. The number of nitrogens with two attached hydrogens (primary N) is 1. The topological polar surface area (TPSA) is 64.2 Å². The quantitative estimate of drug-likeness (QED) is 0.916. The highest BCUT2D eigenvalue weighted by Gasteiger charge is 2.26. The molecule has 1 aliphatic rings. The van der Waals surface area contributed by atoms with Crippen molar-refractivity contribution in [2.45, 2.75) is 26.8 Å². The number of rotatable bonds is 2. The SMILES string of the molecule is Cc1nn(CC(=O)N2CCc3ccc(F)cc32)c(C)c1N. The lowest BCUT2D eigenvalue weighted by Gasteiger charge is -2.17. The molecule has 1 aromatic carbocycles. The van der Waals surface area contributed by atoms with Gasteiger partial charge in [-0.25, -0.2) is 4.39 Å². The maximum absolute atomic E-state index is 13.4. The summed E-state index contributed by atoms with van der Waals surface area (Å²) in [6, 6.07) is 4.57. The van der Waals surface area contributed by atoms with Gasteiger partial charge in [0.25, 0.3) is 0 Å². The fraction of sp³-hybridized carbons (Fsp3) is 0.333. The van der Waals surface area contributed by atoms with Gasteiger partial charge in [0.1, 0.15) is 12.4 Å². The largest absolute Gasteiger partial charge is 0.396 e. The molecule has 21 heavy (non-hydrogen) atoms. The van der Waals surface area contributed by atoms with E-state index >= 15 is 0 Å². The molecule has 110 valence electrons. The molecule has 5 nitrogen and oxygen atoms in total. The summed E-state index contributed by atoms with van der Waals surface area (Å²) in [7, 11) is 0. The number of hydrogen-bond acceptors (Lipinski definition) is 3. The van der Waals surface area contributed by atoms with Crippen molar-refractivity contribution in [1.82, 2.24) is 9.78 Å². The molecule has 1 amide bonds. The van der Waals surface area contributed by atoms with Gasteiger partial charge in [0.05, 0.1) is 17.1 Å². The number of hydrogen-bond donors (Lipinski definition) is 1. The molecule has 0 radical (unpaired) electrons. The van der Waals surface area contributed by atoms with Crippen LogP contribution in [0.1, 0.15) is 17.0 Å². The number of fused-ring (bicyclic) bond motifs is 1. The first-order chi connectivity index (χ1) is 9.97. The highest BCUT2D eigenvalue weighted by atomic mass is 19.1. The van der Waals surface area contributed by atoms with E-state index in [2.05, 4.69) is 5.10 Å². The van der Waals surface area contributed by atoms with Gasteiger partial charge in [-0.2, -0.15) is 5.10 Å². The summed E-state index contributed by atoms with van der Waals surface area (Å²) in [5.41, 5.74) is 9.63. The molecule has 2 N–H and O–H groups in total. The summed E-state index contributed by atoms with van der Waals surface area (Å²) < 4.78 is 15.0. The van der Waals surface area contributed by atoms with Crippen LogP contribution in [0, 0.1) is 19.7 Å². The Hall–Kier alpha value is -2.37. The van der Waals surface area contributed by atoms with Crippen molar-refractivity contribution in [3.8, 4) is 0 Å². The number of carbonyl (C=O) groups excluding carboxylic acids is 1. The van der Waals surface area contributed by atoms with Crippen LogP contribution in [0.25, 0.3) is 0 Å². The number of benzene rings is 1. The Morgan fingerprint density at radius 2 is 2.19 bits per heavy atom. The summed E-state index contributed by atoms with van der Waals surface area (Å²) in [6.45, 7) is 4.33. The maximum atomic E-state index is 13.4. The smallest absolute Gasteiger partial charge is 0.248 e. The number of halogens is 1. The van der Waals surface area contributed by atoms with Crippen LogP contribution in [-0.4, -0.2) is 22.2 Å². The third-order valence-corrected chi connectivity index (χ3v) is 3.97. The van der Waals surface area contributed by atoms with Gasteiger partial charge in [0.15, 0.2) is 0 Å². The van der Waals surface area contributed by atoms with Gasteiger partial charge in [-0.15, -0.1) is 0 Å². The number of anilines is 2. The lowest BCUT2D eigenvalue weighted by atomic mass is 10.2. The third-order valence-electron chi connectivity index (χ3n) is 3.97.